The van der Waals surface area contributed by atoms with E-state index >= 15 is 0 Å². The molecule has 1 heterocycles. The van der Waals surface area contributed by atoms with E-state index in [4.69, 9.17) is 10.2 Å². The summed E-state index contributed by atoms with van der Waals surface area (Å²) in [4.78, 5) is 0. The van der Waals surface area contributed by atoms with Crippen molar-refractivity contribution in [2.45, 2.75) is 19.4 Å². The Labute approximate surface area is 126 Å². The van der Waals surface area contributed by atoms with Gasteiger partial charge >= 0.3 is 0 Å². The zero-order valence-corrected chi connectivity index (χ0v) is 12.9. The Balaban J connectivity index is 1.98. The van der Waals surface area contributed by atoms with E-state index in [2.05, 4.69) is 35.0 Å². The summed E-state index contributed by atoms with van der Waals surface area (Å²) in [6.07, 6.45) is 1.02. The van der Waals surface area contributed by atoms with Crippen molar-refractivity contribution < 1.29 is 4.42 Å². The van der Waals surface area contributed by atoms with Crippen molar-refractivity contribution in [1.29, 1.82) is 0 Å². The Morgan fingerprint density at radius 3 is 2.55 bits per heavy atom. The molecule has 1 aromatic heterocycles. The maximum absolute atomic E-state index is 6.29. The van der Waals surface area contributed by atoms with Gasteiger partial charge < -0.3 is 10.2 Å². The summed E-state index contributed by atoms with van der Waals surface area (Å²) in [7, 11) is 0. The van der Waals surface area contributed by atoms with Crippen LogP contribution in [0.3, 0.4) is 0 Å². The minimum atomic E-state index is -0.236. The zero-order chi connectivity index (χ0) is 14.1. The zero-order valence-electron chi connectivity index (χ0n) is 11.3. The fraction of sp³-hybridized carbons (Fsp3) is 0.176. The van der Waals surface area contributed by atoms with Crippen molar-refractivity contribution in [3.05, 3.63) is 69.9 Å². The molecule has 0 aliphatic heterocycles. The molecule has 20 heavy (non-hydrogen) atoms. The monoisotopic (exact) mass is 329 g/mol. The number of halogens is 1. The highest BCUT2D eigenvalue weighted by atomic mass is 79.9. The molecule has 3 aromatic rings. The van der Waals surface area contributed by atoms with Crippen LogP contribution in [0.5, 0.6) is 0 Å². The number of aryl methyl sites for hydroxylation is 1. The summed E-state index contributed by atoms with van der Waals surface area (Å²) in [6.45, 7) is 2.15. The third-order valence-electron chi connectivity index (χ3n) is 3.54. The van der Waals surface area contributed by atoms with Crippen LogP contribution < -0.4 is 5.73 Å². The maximum atomic E-state index is 6.29. The molecule has 0 saturated carbocycles. The van der Waals surface area contributed by atoms with Crippen LogP contribution in [0.4, 0.5) is 0 Å². The predicted octanol–water partition coefficient (Wildman–Crippen LogP) is 4.81. The average Bonchev–Trinajstić information content (AvgIpc) is 2.90. The van der Waals surface area contributed by atoms with E-state index in [1.165, 1.54) is 5.56 Å². The molecule has 0 aliphatic carbocycles. The van der Waals surface area contributed by atoms with Gasteiger partial charge in [-0.1, -0.05) is 41.1 Å². The molecule has 1 unspecified atom stereocenters. The first kappa shape index (κ1) is 13.4. The van der Waals surface area contributed by atoms with Crippen LogP contribution in [0.25, 0.3) is 11.0 Å². The molecule has 1 atom stereocenters. The molecule has 0 bridgehead atoms. The Kier molecular flexibility index (Phi) is 3.64. The Morgan fingerprint density at radius 2 is 1.85 bits per heavy atom. The molecule has 3 heteroatoms. The lowest BCUT2D eigenvalue weighted by Gasteiger charge is -2.08. The minimum Gasteiger partial charge on any atom is -0.459 e. The third-order valence-corrected chi connectivity index (χ3v) is 4.07. The Hall–Kier alpha value is -1.58. The number of nitrogens with two attached hydrogens (primary N) is 1. The van der Waals surface area contributed by atoms with Gasteiger partial charge in [0.05, 0.1) is 6.04 Å². The highest BCUT2D eigenvalue weighted by Gasteiger charge is 2.14. The Bertz CT molecular complexity index is 730. The van der Waals surface area contributed by atoms with Gasteiger partial charge in [0.25, 0.3) is 0 Å². The normalized spacial score (nSPS) is 12.8. The smallest absolute Gasteiger partial charge is 0.134 e. The Morgan fingerprint density at radius 1 is 1.10 bits per heavy atom. The predicted molar refractivity (Wildman–Crippen MR) is 85.8 cm³/mol. The summed E-state index contributed by atoms with van der Waals surface area (Å²) in [5.74, 6) is 0.801. The fourth-order valence-corrected chi connectivity index (χ4v) is 2.59. The maximum Gasteiger partial charge on any atom is 0.134 e. The number of fused-ring (bicyclic) bond motifs is 1. The van der Waals surface area contributed by atoms with Gasteiger partial charge in [-0.15, -0.1) is 0 Å². The summed E-state index contributed by atoms with van der Waals surface area (Å²) in [6, 6.07) is 16.1. The molecule has 102 valence electrons. The van der Waals surface area contributed by atoms with Crippen LogP contribution in [0, 0.1) is 0 Å². The SMILES string of the molecule is CCc1ccc2oc(C(N)c3ccc(Br)cc3)cc2c1. The van der Waals surface area contributed by atoms with Crippen LogP contribution in [0.15, 0.2) is 57.4 Å². The molecule has 0 saturated heterocycles. The number of hydrogen-bond donors (Lipinski definition) is 1. The van der Waals surface area contributed by atoms with Crippen LogP contribution in [-0.2, 0) is 6.42 Å². The summed E-state index contributed by atoms with van der Waals surface area (Å²) >= 11 is 3.43. The molecule has 0 spiro atoms. The first-order valence-corrected chi connectivity index (χ1v) is 7.50. The molecule has 0 fully saturated rings. The van der Waals surface area contributed by atoms with Gasteiger partial charge in [-0.05, 0) is 47.9 Å². The van der Waals surface area contributed by atoms with Gasteiger partial charge in [0, 0.05) is 9.86 Å². The number of benzene rings is 2. The lowest BCUT2D eigenvalue weighted by atomic mass is 10.0. The van der Waals surface area contributed by atoms with Crippen molar-refractivity contribution in [2.24, 2.45) is 5.73 Å². The molecular weight excluding hydrogens is 314 g/mol. The second-order valence-corrected chi connectivity index (χ2v) is 5.82. The van der Waals surface area contributed by atoms with Gasteiger partial charge in [0.2, 0.25) is 0 Å². The molecule has 2 aromatic carbocycles. The van der Waals surface area contributed by atoms with Gasteiger partial charge in [0.15, 0.2) is 0 Å². The van der Waals surface area contributed by atoms with E-state index in [9.17, 15) is 0 Å². The third kappa shape index (κ3) is 2.51. The molecule has 3 rings (SSSR count). The second kappa shape index (κ2) is 5.43. The van der Waals surface area contributed by atoms with Gasteiger partial charge in [0.1, 0.15) is 11.3 Å². The lowest BCUT2D eigenvalue weighted by Crippen LogP contribution is -2.10. The van der Waals surface area contributed by atoms with E-state index in [0.29, 0.717) is 0 Å². The summed E-state index contributed by atoms with van der Waals surface area (Å²) in [5.41, 5.74) is 9.54. The van der Waals surface area contributed by atoms with Crippen molar-refractivity contribution in [3.63, 3.8) is 0 Å². The van der Waals surface area contributed by atoms with Crippen molar-refractivity contribution in [3.8, 4) is 0 Å². The van der Waals surface area contributed by atoms with Crippen molar-refractivity contribution in [2.75, 3.05) is 0 Å². The first-order chi connectivity index (χ1) is 9.67. The fourth-order valence-electron chi connectivity index (χ4n) is 2.32. The second-order valence-electron chi connectivity index (χ2n) is 4.90. The van der Waals surface area contributed by atoms with E-state index in [1.807, 2.05) is 36.4 Å². The highest BCUT2D eigenvalue weighted by Crippen LogP contribution is 2.28. The van der Waals surface area contributed by atoms with E-state index in [0.717, 1.165) is 33.2 Å². The molecule has 2 N–H and O–H groups in total. The largest absolute Gasteiger partial charge is 0.459 e. The van der Waals surface area contributed by atoms with Gasteiger partial charge in [-0.3, -0.25) is 0 Å². The van der Waals surface area contributed by atoms with E-state index in [-0.39, 0.29) is 6.04 Å². The highest BCUT2D eigenvalue weighted by molar-refractivity contribution is 9.10. The molecule has 0 aliphatic rings. The molecule has 0 radical (unpaired) electrons. The van der Waals surface area contributed by atoms with Gasteiger partial charge in [-0.25, -0.2) is 0 Å². The molecular formula is C17H16BrNO. The topological polar surface area (TPSA) is 39.2 Å². The molecule has 2 nitrogen and oxygen atoms in total. The van der Waals surface area contributed by atoms with Crippen molar-refractivity contribution >= 4 is 26.9 Å². The lowest BCUT2D eigenvalue weighted by molar-refractivity contribution is 0.525. The number of furan rings is 1. The first-order valence-electron chi connectivity index (χ1n) is 6.71. The van der Waals surface area contributed by atoms with Crippen LogP contribution in [0.1, 0.15) is 29.9 Å². The molecule has 0 amide bonds. The van der Waals surface area contributed by atoms with Crippen LogP contribution in [0.2, 0.25) is 0 Å². The number of hydrogen-bond acceptors (Lipinski definition) is 2. The standard InChI is InChI=1S/C17H16BrNO/c1-2-11-3-8-15-13(9-11)10-16(20-15)17(19)12-4-6-14(18)7-5-12/h3-10,17H,2,19H2,1H3. The van der Waals surface area contributed by atoms with Crippen LogP contribution >= 0.6 is 15.9 Å². The minimum absolute atomic E-state index is 0.236. The van der Waals surface area contributed by atoms with Gasteiger partial charge in [-0.2, -0.15) is 0 Å². The van der Waals surface area contributed by atoms with Crippen molar-refractivity contribution in [1.82, 2.24) is 0 Å². The van der Waals surface area contributed by atoms with Crippen LogP contribution in [-0.4, -0.2) is 0 Å². The quantitative estimate of drug-likeness (QED) is 0.749. The summed E-state index contributed by atoms with van der Waals surface area (Å²) < 4.78 is 6.92. The average molecular weight is 330 g/mol. The van der Waals surface area contributed by atoms with E-state index < -0.39 is 0 Å². The van der Waals surface area contributed by atoms with E-state index in [1.54, 1.807) is 0 Å². The number of rotatable bonds is 3. The summed E-state index contributed by atoms with van der Waals surface area (Å²) in [5, 5.41) is 1.12.